The van der Waals surface area contributed by atoms with Gasteiger partial charge in [-0.2, -0.15) is 0 Å². The number of aryl methyl sites for hydroxylation is 1. The number of aromatic nitrogens is 1. The van der Waals surface area contributed by atoms with Crippen LogP contribution in [0.3, 0.4) is 0 Å². The standard InChI is InChI=1S/C16H20ClN3O/c1-18-9-11-10-20(7-6-16(21)19-13-3-4-13)15-8-12(17)2-5-14(11)15/h2,5,8,10,13,18H,3-4,6-7,9H2,1H3,(H,19,21). The Kier molecular flexibility index (Phi) is 4.17. The van der Waals surface area contributed by atoms with E-state index in [0.717, 1.165) is 29.9 Å². The molecule has 1 aliphatic carbocycles. The van der Waals surface area contributed by atoms with Crippen LogP contribution in [0.5, 0.6) is 0 Å². The minimum absolute atomic E-state index is 0.136. The summed E-state index contributed by atoms with van der Waals surface area (Å²) in [6.07, 6.45) is 4.87. The fourth-order valence-electron chi connectivity index (χ4n) is 2.61. The first-order chi connectivity index (χ1) is 10.2. The summed E-state index contributed by atoms with van der Waals surface area (Å²) in [6.45, 7) is 1.48. The van der Waals surface area contributed by atoms with Crippen LogP contribution >= 0.6 is 11.6 Å². The first-order valence-electron chi connectivity index (χ1n) is 7.38. The number of hydrogen-bond acceptors (Lipinski definition) is 2. The summed E-state index contributed by atoms with van der Waals surface area (Å²) in [5, 5.41) is 8.12. The van der Waals surface area contributed by atoms with E-state index in [4.69, 9.17) is 11.6 Å². The Bertz CT molecular complexity index is 661. The molecular weight excluding hydrogens is 286 g/mol. The van der Waals surface area contributed by atoms with Gasteiger partial charge in [-0.15, -0.1) is 0 Å². The van der Waals surface area contributed by atoms with Crippen molar-refractivity contribution in [3.05, 3.63) is 35.0 Å². The van der Waals surface area contributed by atoms with Crippen LogP contribution in [0.4, 0.5) is 0 Å². The molecule has 1 aromatic heterocycles. The van der Waals surface area contributed by atoms with E-state index in [-0.39, 0.29) is 5.91 Å². The molecule has 5 heteroatoms. The van der Waals surface area contributed by atoms with Gasteiger partial charge < -0.3 is 15.2 Å². The van der Waals surface area contributed by atoms with E-state index in [9.17, 15) is 4.79 Å². The van der Waals surface area contributed by atoms with E-state index in [2.05, 4.69) is 21.4 Å². The predicted molar refractivity (Wildman–Crippen MR) is 85.5 cm³/mol. The number of carbonyl (C=O) groups excluding carboxylic acids is 1. The zero-order valence-corrected chi connectivity index (χ0v) is 12.9. The third-order valence-corrected chi connectivity index (χ3v) is 4.05. The molecule has 0 atom stereocenters. The van der Waals surface area contributed by atoms with Crippen molar-refractivity contribution in [2.45, 2.75) is 38.4 Å². The Morgan fingerprint density at radius 2 is 2.24 bits per heavy atom. The van der Waals surface area contributed by atoms with Crippen LogP contribution in [-0.2, 0) is 17.9 Å². The van der Waals surface area contributed by atoms with Crippen molar-refractivity contribution in [3.63, 3.8) is 0 Å². The number of fused-ring (bicyclic) bond motifs is 1. The van der Waals surface area contributed by atoms with Gasteiger partial charge >= 0.3 is 0 Å². The van der Waals surface area contributed by atoms with E-state index >= 15 is 0 Å². The van der Waals surface area contributed by atoms with Crippen LogP contribution in [0, 0.1) is 0 Å². The number of halogens is 1. The van der Waals surface area contributed by atoms with Gasteiger partial charge in [0.05, 0.1) is 0 Å². The molecule has 21 heavy (non-hydrogen) atoms. The largest absolute Gasteiger partial charge is 0.353 e. The summed E-state index contributed by atoms with van der Waals surface area (Å²) in [5.74, 6) is 0.136. The second-order valence-electron chi connectivity index (χ2n) is 5.63. The first-order valence-corrected chi connectivity index (χ1v) is 7.76. The van der Waals surface area contributed by atoms with Crippen LogP contribution in [0.1, 0.15) is 24.8 Å². The SMILES string of the molecule is CNCc1cn(CCC(=O)NC2CC2)c2cc(Cl)ccc12. The van der Waals surface area contributed by atoms with Crippen LogP contribution in [0.25, 0.3) is 10.9 Å². The molecule has 1 aliphatic rings. The highest BCUT2D eigenvalue weighted by molar-refractivity contribution is 6.31. The highest BCUT2D eigenvalue weighted by Crippen LogP contribution is 2.25. The Labute approximate surface area is 129 Å². The molecule has 0 saturated heterocycles. The molecule has 3 rings (SSSR count). The zero-order chi connectivity index (χ0) is 14.8. The summed E-state index contributed by atoms with van der Waals surface area (Å²) in [6, 6.07) is 6.35. The van der Waals surface area contributed by atoms with Gasteiger partial charge in [0.1, 0.15) is 0 Å². The number of hydrogen-bond donors (Lipinski definition) is 2. The number of nitrogens with one attached hydrogen (secondary N) is 2. The normalized spacial score (nSPS) is 14.6. The molecule has 1 amide bonds. The molecule has 0 aliphatic heterocycles. The average molecular weight is 306 g/mol. The highest BCUT2D eigenvalue weighted by atomic mass is 35.5. The molecular formula is C16H20ClN3O. The number of carbonyl (C=O) groups is 1. The second kappa shape index (κ2) is 6.08. The van der Waals surface area contributed by atoms with E-state index in [1.165, 1.54) is 10.9 Å². The molecule has 1 saturated carbocycles. The molecule has 0 bridgehead atoms. The predicted octanol–water partition coefficient (Wildman–Crippen LogP) is 2.68. The summed E-state index contributed by atoms with van der Waals surface area (Å²) in [7, 11) is 1.93. The van der Waals surface area contributed by atoms with Crippen molar-refractivity contribution in [2.24, 2.45) is 0 Å². The van der Waals surface area contributed by atoms with E-state index in [1.807, 2.05) is 25.2 Å². The van der Waals surface area contributed by atoms with Crippen molar-refractivity contribution >= 4 is 28.4 Å². The maximum Gasteiger partial charge on any atom is 0.222 e. The molecule has 2 aromatic rings. The fourth-order valence-corrected chi connectivity index (χ4v) is 2.77. The summed E-state index contributed by atoms with van der Waals surface area (Å²) in [4.78, 5) is 11.8. The lowest BCUT2D eigenvalue weighted by Gasteiger charge is -2.06. The van der Waals surface area contributed by atoms with Crippen molar-refractivity contribution in [1.29, 1.82) is 0 Å². The Balaban J connectivity index is 1.79. The monoisotopic (exact) mass is 305 g/mol. The molecule has 2 N–H and O–H groups in total. The van der Waals surface area contributed by atoms with Crippen molar-refractivity contribution < 1.29 is 4.79 Å². The van der Waals surface area contributed by atoms with Gasteiger partial charge in [0, 0.05) is 47.7 Å². The summed E-state index contributed by atoms with van der Waals surface area (Å²) < 4.78 is 2.13. The molecule has 4 nitrogen and oxygen atoms in total. The third kappa shape index (κ3) is 3.39. The smallest absolute Gasteiger partial charge is 0.222 e. The van der Waals surface area contributed by atoms with Crippen molar-refractivity contribution in [3.8, 4) is 0 Å². The lowest BCUT2D eigenvalue weighted by atomic mass is 10.2. The lowest BCUT2D eigenvalue weighted by Crippen LogP contribution is -2.26. The minimum Gasteiger partial charge on any atom is -0.353 e. The number of benzene rings is 1. The first kappa shape index (κ1) is 14.4. The molecule has 0 radical (unpaired) electrons. The second-order valence-corrected chi connectivity index (χ2v) is 6.07. The number of amides is 1. The maximum absolute atomic E-state index is 11.8. The number of nitrogens with zero attached hydrogens (tertiary/aromatic N) is 1. The van der Waals surface area contributed by atoms with Crippen molar-refractivity contribution in [1.82, 2.24) is 15.2 Å². The molecule has 0 unspecified atom stereocenters. The van der Waals surface area contributed by atoms with Gasteiger partial charge in [-0.3, -0.25) is 4.79 Å². The Morgan fingerprint density at radius 3 is 2.95 bits per heavy atom. The van der Waals surface area contributed by atoms with Gasteiger partial charge in [0.15, 0.2) is 0 Å². The molecule has 112 valence electrons. The summed E-state index contributed by atoms with van der Waals surface area (Å²) >= 11 is 6.11. The topological polar surface area (TPSA) is 46.1 Å². The van der Waals surface area contributed by atoms with Crippen LogP contribution in [0.2, 0.25) is 5.02 Å². The van der Waals surface area contributed by atoms with Crippen LogP contribution in [0.15, 0.2) is 24.4 Å². The maximum atomic E-state index is 11.8. The molecule has 0 spiro atoms. The Morgan fingerprint density at radius 1 is 1.43 bits per heavy atom. The van der Waals surface area contributed by atoms with Gasteiger partial charge in [0.2, 0.25) is 5.91 Å². The van der Waals surface area contributed by atoms with Gasteiger partial charge in [0.25, 0.3) is 0 Å². The molecule has 1 heterocycles. The van der Waals surface area contributed by atoms with Gasteiger partial charge in [-0.05, 0) is 37.6 Å². The zero-order valence-electron chi connectivity index (χ0n) is 12.2. The van der Waals surface area contributed by atoms with Crippen LogP contribution in [-0.4, -0.2) is 23.6 Å². The molecule has 1 fully saturated rings. The average Bonchev–Trinajstić information content (AvgIpc) is 3.20. The van der Waals surface area contributed by atoms with Crippen LogP contribution < -0.4 is 10.6 Å². The molecule has 1 aromatic carbocycles. The lowest BCUT2D eigenvalue weighted by molar-refractivity contribution is -0.121. The number of rotatable bonds is 6. The quantitative estimate of drug-likeness (QED) is 0.862. The van der Waals surface area contributed by atoms with E-state index < -0.39 is 0 Å². The third-order valence-electron chi connectivity index (χ3n) is 3.82. The van der Waals surface area contributed by atoms with Crippen molar-refractivity contribution in [2.75, 3.05) is 7.05 Å². The van der Waals surface area contributed by atoms with Gasteiger partial charge in [-0.1, -0.05) is 17.7 Å². The summed E-state index contributed by atoms with van der Waals surface area (Å²) in [5.41, 5.74) is 2.32. The van der Waals surface area contributed by atoms with E-state index in [1.54, 1.807) is 0 Å². The fraction of sp³-hybridized carbons (Fsp3) is 0.438. The van der Waals surface area contributed by atoms with Gasteiger partial charge in [-0.25, -0.2) is 0 Å². The highest BCUT2D eigenvalue weighted by Gasteiger charge is 2.23. The van der Waals surface area contributed by atoms with E-state index in [0.29, 0.717) is 19.0 Å². The Hall–Kier alpha value is -1.52. The minimum atomic E-state index is 0.136.